The molecule has 0 fully saturated rings. The number of pyridine rings is 1. The molecule has 0 aliphatic carbocycles. The van der Waals surface area contributed by atoms with Gasteiger partial charge in [-0.1, -0.05) is 41.4 Å². The predicted molar refractivity (Wildman–Crippen MR) is 57.9 cm³/mol. The van der Waals surface area contributed by atoms with Gasteiger partial charge >= 0.3 is 0 Å². The molecule has 0 aliphatic heterocycles. The average Bonchev–Trinajstić information content (AvgIpc) is 2.18. The molecule has 2 rings (SSSR count). The van der Waals surface area contributed by atoms with Gasteiger partial charge in [0, 0.05) is 5.39 Å². The summed E-state index contributed by atoms with van der Waals surface area (Å²) in [6, 6.07) is 8.78. The molecule has 0 saturated heterocycles. The molecular weight excluding hydrogens is 221 g/mol. The summed E-state index contributed by atoms with van der Waals surface area (Å²) in [5.74, 6) is 0.137. The van der Waals surface area contributed by atoms with E-state index in [4.69, 9.17) is 23.2 Å². The number of phenols is 1. The Bertz CT molecular complexity index is 471. The van der Waals surface area contributed by atoms with Crippen LogP contribution in [0.3, 0.4) is 0 Å². The Hall–Kier alpha value is -0.990. The summed E-state index contributed by atoms with van der Waals surface area (Å²) >= 11 is 11.4. The molecule has 0 spiro atoms. The number of fused-ring (bicyclic) bond motifs is 1. The van der Waals surface area contributed by atoms with E-state index in [1.165, 1.54) is 0 Å². The third-order valence-electron chi connectivity index (χ3n) is 1.94. The number of aromatic hydroxyl groups is 1. The van der Waals surface area contributed by atoms with Crippen molar-refractivity contribution in [3.63, 3.8) is 0 Å². The Kier molecular flexibility index (Phi) is 2.48. The quantitative estimate of drug-likeness (QED) is 0.758. The maximum Gasteiger partial charge on any atom is 0.149 e. The van der Waals surface area contributed by atoms with Crippen molar-refractivity contribution in [1.29, 1.82) is 0 Å². The number of benzene rings is 1. The Morgan fingerprint density at radius 1 is 1.14 bits per heavy atom. The number of halogens is 2. The summed E-state index contributed by atoms with van der Waals surface area (Å²) in [5.41, 5.74) is 1.07. The van der Waals surface area contributed by atoms with Crippen molar-refractivity contribution in [2.45, 2.75) is 4.84 Å². The van der Waals surface area contributed by atoms with E-state index < -0.39 is 4.84 Å². The van der Waals surface area contributed by atoms with Gasteiger partial charge in [0.15, 0.2) is 0 Å². The zero-order valence-electron chi connectivity index (χ0n) is 7.11. The lowest BCUT2D eigenvalue weighted by Crippen LogP contribution is -1.88. The second-order valence-electron chi connectivity index (χ2n) is 2.89. The normalized spacial score (nSPS) is 11.1. The second-order valence-corrected chi connectivity index (χ2v) is 3.98. The van der Waals surface area contributed by atoms with Crippen LogP contribution >= 0.6 is 23.2 Å². The molecule has 0 amide bonds. The summed E-state index contributed by atoms with van der Waals surface area (Å²) in [7, 11) is 0. The zero-order valence-corrected chi connectivity index (χ0v) is 8.63. The second kappa shape index (κ2) is 3.64. The Labute approximate surface area is 91.1 Å². The standard InChI is InChI=1S/C10H7Cl2NO/c11-10(12)7-5-4-6-2-1-3-8(14)9(6)13-7/h1-5,10,14H. The number of aromatic nitrogens is 1. The van der Waals surface area contributed by atoms with Crippen molar-refractivity contribution in [3.05, 3.63) is 36.0 Å². The Balaban J connectivity index is 2.70. The minimum absolute atomic E-state index is 0.137. The van der Waals surface area contributed by atoms with Gasteiger partial charge in [0.25, 0.3) is 0 Å². The van der Waals surface area contributed by atoms with Gasteiger partial charge in [0.2, 0.25) is 0 Å². The van der Waals surface area contributed by atoms with Crippen LogP contribution in [0.4, 0.5) is 0 Å². The first kappa shape index (κ1) is 9.56. The predicted octanol–water partition coefficient (Wildman–Crippen LogP) is 3.42. The molecule has 1 heterocycles. The highest BCUT2D eigenvalue weighted by Gasteiger charge is 2.07. The molecular formula is C10H7Cl2NO. The number of alkyl halides is 2. The highest BCUT2D eigenvalue weighted by atomic mass is 35.5. The number of rotatable bonds is 1. The molecule has 0 bridgehead atoms. The van der Waals surface area contributed by atoms with Gasteiger partial charge in [-0.3, -0.25) is 0 Å². The molecule has 14 heavy (non-hydrogen) atoms. The lowest BCUT2D eigenvalue weighted by atomic mass is 10.2. The lowest BCUT2D eigenvalue weighted by Gasteiger charge is -2.04. The zero-order chi connectivity index (χ0) is 10.1. The summed E-state index contributed by atoms with van der Waals surface area (Å²) in [5, 5.41) is 10.4. The highest BCUT2D eigenvalue weighted by molar-refractivity contribution is 6.43. The molecule has 2 aromatic rings. The molecule has 0 radical (unpaired) electrons. The third-order valence-corrected chi connectivity index (χ3v) is 2.39. The SMILES string of the molecule is Oc1cccc2ccc(C(Cl)Cl)nc12. The molecule has 1 aromatic heterocycles. The van der Waals surface area contributed by atoms with Crippen LogP contribution in [-0.4, -0.2) is 10.1 Å². The first-order chi connectivity index (χ1) is 6.68. The van der Waals surface area contributed by atoms with Gasteiger partial charge in [-0.2, -0.15) is 0 Å². The van der Waals surface area contributed by atoms with E-state index in [1.54, 1.807) is 18.2 Å². The molecule has 0 unspecified atom stereocenters. The first-order valence-electron chi connectivity index (χ1n) is 4.05. The van der Waals surface area contributed by atoms with E-state index in [-0.39, 0.29) is 5.75 Å². The van der Waals surface area contributed by atoms with Crippen LogP contribution < -0.4 is 0 Å². The van der Waals surface area contributed by atoms with Crippen LogP contribution in [0, 0.1) is 0 Å². The van der Waals surface area contributed by atoms with Crippen molar-refractivity contribution in [2.75, 3.05) is 0 Å². The van der Waals surface area contributed by atoms with E-state index in [9.17, 15) is 5.11 Å². The van der Waals surface area contributed by atoms with Gasteiger partial charge in [-0.25, -0.2) is 4.98 Å². The number of hydrogen-bond donors (Lipinski definition) is 1. The Morgan fingerprint density at radius 2 is 1.93 bits per heavy atom. The largest absolute Gasteiger partial charge is 0.506 e. The van der Waals surface area contributed by atoms with E-state index in [2.05, 4.69) is 4.98 Å². The smallest absolute Gasteiger partial charge is 0.149 e. The molecule has 0 atom stereocenters. The molecule has 1 N–H and O–H groups in total. The fraction of sp³-hybridized carbons (Fsp3) is 0.100. The summed E-state index contributed by atoms with van der Waals surface area (Å²) in [6.07, 6.45) is 0. The van der Waals surface area contributed by atoms with Crippen LogP contribution in [0.15, 0.2) is 30.3 Å². The third kappa shape index (κ3) is 1.63. The van der Waals surface area contributed by atoms with Crippen molar-refractivity contribution in [2.24, 2.45) is 0 Å². The van der Waals surface area contributed by atoms with Crippen LogP contribution in [0.5, 0.6) is 5.75 Å². The van der Waals surface area contributed by atoms with Crippen molar-refractivity contribution in [3.8, 4) is 5.75 Å². The molecule has 2 nitrogen and oxygen atoms in total. The summed E-state index contributed by atoms with van der Waals surface area (Å²) in [4.78, 5) is 3.49. The van der Waals surface area contributed by atoms with Gasteiger partial charge in [-0.05, 0) is 12.1 Å². The summed E-state index contributed by atoms with van der Waals surface area (Å²) in [6.45, 7) is 0. The minimum Gasteiger partial charge on any atom is -0.506 e. The number of hydrogen-bond acceptors (Lipinski definition) is 2. The van der Waals surface area contributed by atoms with E-state index in [0.717, 1.165) is 5.39 Å². The monoisotopic (exact) mass is 227 g/mol. The van der Waals surface area contributed by atoms with E-state index in [0.29, 0.717) is 11.2 Å². The Morgan fingerprint density at radius 3 is 2.64 bits per heavy atom. The van der Waals surface area contributed by atoms with Gasteiger partial charge in [0.1, 0.15) is 16.1 Å². The summed E-state index contributed by atoms with van der Waals surface area (Å²) < 4.78 is 0. The van der Waals surface area contributed by atoms with E-state index in [1.807, 2.05) is 12.1 Å². The van der Waals surface area contributed by atoms with Crippen molar-refractivity contribution in [1.82, 2.24) is 4.98 Å². The van der Waals surface area contributed by atoms with Crippen LogP contribution in [-0.2, 0) is 0 Å². The van der Waals surface area contributed by atoms with Crippen molar-refractivity contribution < 1.29 is 5.11 Å². The fourth-order valence-electron chi connectivity index (χ4n) is 1.27. The molecule has 0 aliphatic rings. The molecule has 4 heteroatoms. The van der Waals surface area contributed by atoms with Gasteiger partial charge < -0.3 is 5.11 Å². The molecule has 0 saturated carbocycles. The van der Waals surface area contributed by atoms with Crippen LogP contribution in [0.1, 0.15) is 10.5 Å². The number of phenolic OH excluding ortho intramolecular Hbond substituents is 1. The van der Waals surface area contributed by atoms with Crippen LogP contribution in [0.25, 0.3) is 10.9 Å². The van der Waals surface area contributed by atoms with Crippen LogP contribution in [0.2, 0.25) is 0 Å². The lowest BCUT2D eigenvalue weighted by molar-refractivity contribution is 0.480. The maximum absolute atomic E-state index is 9.53. The van der Waals surface area contributed by atoms with Gasteiger partial charge in [0.05, 0.1) is 5.69 Å². The van der Waals surface area contributed by atoms with Gasteiger partial charge in [-0.15, -0.1) is 0 Å². The van der Waals surface area contributed by atoms with Crippen molar-refractivity contribution >= 4 is 34.1 Å². The average molecular weight is 228 g/mol. The molecule has 1 aromatic carbocycles. The first-order valence-corrected chi connectivity index (χ1v) is 4.92. The number of para-hydroxylation sites is 1. The topological polar surface area (TPSA) is 33.1 Å². The fourth-order valence-corrected chi connectivity index (χ4v) is 1.51. The maximum atomic E-state index is 9.53. The molecule has 72 valence electrons. The van der Waals surface area contributed by atoms with E-state index >= 15 is 0 Å². The number of nitrogens with zero attached hydrogens (tertiary/aromatic N) is 1. The highest BCUT2D eigenvalue weighted by Crippen LogP contribution is 2.28. The minimum atomic E-state index is -0.668.